The van der Waals surface area contributed by atoms with Crippen LogP contribution < -0.4 is 21.5 Å². The van der Waals surface area contributed by atoms with Gasteiger partial charge >= 0.3 is 5.97 Å². The van der Waals surface area contributed by atoms with Crippen LogP contribution in [0.5, 0.6) is 5.75 Å². The SMILES string of the molecule is CCC(=O)Oc1ccccc1N=Nc1ccc(NC(=O)[C@H](C)N)nc1N. The van der Waals surface area contributed by atoms with Gasteiger partial charge in [-0.25, -0.2) is 4.98 Å². The molecule has 1 amide bonds. The van der Waals surface area contributed by atoms with Crippen LogP contribution in [0.2, 0.25) is 0 Å². The lowest BCUT2D eigenvalue weighted by molar-refractivity contribution is -0.134. The highest BCUT2D eigenvalue weighted by molar-refractivity contribution is 5.93. The van der Waals surface area contributed by atoms with Gasteiger partial charge in [-0.05, 0) is 31.2 Å². The van der Waals surface area contributed by atoms with Crippen molar-refractivity contribution in [3.8, 4) is 5.75 Å². The second-order valence-electron chi connectivity index (χ2n) is 5.37. The van der Waals surface area contributed by atoms with Crippen molar-refractivity contribution in [3.63, 3.8) is 0 Å². The quantitative estimate of drug-likeness (QED) is 0.412. The fourth-order valence-corrected chi connectivity index (χ4v) is 1.79. The van der Waals surface area contributed by atoms with Crippen LogP contribution in [0.1, 0.15) is 20.3 Å². The summed E-state index contributed by atoms with van der Waals surface area (Å²) in [5.41, 5.74) is 12.0. The van der Waals surface area contributed by atoms with Crippen molar-refractivity contribution in [2.75, 3.05) is 11.1 Å². The minimum atomic E-state index is -0.667. The van der Waals surface area contributed by atoms with Crippen LogP contribution in [-0.2, 0) is 9.59 Å². The van der Waals surface area contributed by atoms with Crippen molar-refractivity contribution in [3.05, 3.63) is 36.4 Å². The van der Waals surface area contributed by atoms with Crippen LogP contribution in [0.15, 0.2) is 46.6 Å². The van der Waals surface area contributed by atoms with Crippen molar-refractivity contribution in [2.45, 2.75) is 26.3 Å². The lowest BCUT2D eigenvalue weighted by Gasteiger charge is -2.08. The Kier molecular flexibility index (Phi) is 6.34. The average molecular weight is 356 g/mol. The van der Waals surface area contributed by atoms with Gasteiger partial charge in [0.25, 0.3) is 0 Å². The van der Waals surface area contributed by atoms with Gasteiger partial charge in [-0.1, -0.05) is 19.1 Å². The number of benzene rings is 1. The van der Waals surface area contributed by atoms with E-state index in [2.05, 4.69) is 20.5 Å². The molecule has 1 aromatic heterocycles. The molecule has 2 rings (SSSR count). The molecule has 0 saturated carbocycles. The van der Waals surface area contributed by atoms with E-state index in [4.69, 9.17) is 16.2 Å². The van der Waals surface area contributed by atoms with Crippen LogP contribution in [-0.4, -0.2) is 22.9 Å². The molecule has 0 saturated heterocycles. The molecule has 9 heteroatoms. The van der Waals surface area contributed by atoms with Gasteiger partial charge in [0.05, 0.1) is 6.04 Å². The number of nitrogen functional groups attached to an aromatic ring is 1. The first-order valence-electron chi connectivity index (χ1n) is 7.95. The fourth-order valence-electron chi connectivity index (χ4n) is 1.79. The maximum atomic E-state index is 11.6. The molecule has 9 nitrogen and oxygen atoms in total. The largest absolute Gasteiger partial charge is 0.424 e. The summed E-state index contributed by atoms with van der Waals surface area (Å²) in [4.78, 5) is 27.1. The molecule has 1 atom stereocenters. The average Bonchev–Trinajstić information content (AvgIpc) is 2.62. The number of hydrogen-bond donors (Lipinski definition) is 3. The Morgan fingerprint density at radius 3 is 2.54 bits per heavy atom. The Morgan fingerprint density at radius 1 is 1.19 bits per heavy atom. The van der Waals surface area contributed by atoms with E-state index in [0.29, 0.717) is 17.1 Å². The highest BCUT2D eigenvalue weighted by atomic mass is 16.5. The first-order valence-corrected chi connectivity index (χ1v) is 7.95. The van der Waals surface area contributed by atoms with Crippen LogP contribution in [0.4, 0.5) is 23.0 Å². The number of ether oxygens (including phenoxy) is 1. The minimum Gasteiger partial charge on any atom is -0.424 e. The summed E-state index contributed by atoms with van der Waals surface area (Å²) in [5.74, 6) is -0.100. The van der Waals surface area contributed by atoms with E-state index >= 15 is 0 Å². The van der Waals surface area contributed by atoms with Gasteiger partial charge in [0.2, 0.25) is 5.91 Å². The number of nitrogens with one attached hydrogen (secondary N) is 1. The van der Waals surface area contributed by atoms with E-state index in [1.165, 1.54) is 6.07 Å². The number of aromatic nitrogens is 1. The van der Waals surface area contributed by atoms with Crippen LogP contribution in [0.25, 0.3) is 0 Å². The third-order valence-corrected chi connectivity index (χ3v) is 3.21. The maximum Gasteiger partial charge on any atom is 0.310 e. The summed E-state index contributed by atoms with van der Waals surface area (Å²) in [7, 11) is 0. The lowest BCUT2D eigenvalue weighted by atomic mass is 10.3. The van der Waals surface area contributed by atoms with Gasteiger partial charge in [0.15, 0.2) is 11.6 Å². The molecule has 26 heavy (non-hydrogen) atoms. The van der Waals surface area contributed by atoms with Gasteiger partial charge in [0, 0.05) is 6.42 Å². The number of rotatable bonds is 6. The minimum absolute atomic E-state index is 0.0826. The van der Waals surface area contributed by atoms with E-state index in [9.17, 15) is 9.59 Å². The first kappa shape index (κ1) is 19.0. The maximum absolute atomic E-state index is 11.6. The Labute approximate surface area is 150 Å². The molecule has 2 aromatic rings. The molecule has 1 aromatic carbocycles. The molecule has 0 radical (unpaired) electrons. The number of carbonyl (C=O) groups excluding carboxylic acids is 2. The van der Waals surface area contributed by atoms with Gasteiger partial charge in [0.1, 0.15) is 17.2 Å². The molecule has 0 fully saturated rings. The van der Waals surface area contributed by atoms with Gasteiger partial charge < -0.3 is 21.5 Å². The first-order chi connectivity index (χ1) is 12.4. The molecule has 0 bridgehead atoms. The number of anilines is 2. The highest BCUT2D eigenvalue weighted by Crippen LogP contribution is 2.30. The fraction of sp³-hybridized carbons (Fsp3) is 0.235. The Hall–Kier alpha value is -3.33. The third-order valence-electron chi connectivity index (χ3n) is 3.21. The van der Waals surface area contributed by atoms with E-state index in [-0.39, 0.29) is 29.9 Å². The molecule has 0 unspecified atom stereocenters. The lowest BCUT2D eigenvalue weighted by Crippen LogP contribution is -2.32. The standard InChI is InChI=1S/C17H20N6O3/c1-3-15(24)26-13-7-5-4-6-11(13)22-23-12-8-9-14(20-16(12)19)21-17(25)10(2)18/h4-10H,3,18H2,1-2H3,(H3,19,20,21,25)/t10-/m0/s1. The van der Waals surface area contributed by atoms with E-state index in [0.717, 1.165) is 0 Å². The van der Waals surface area contributed by atoms with E-state index in [1.807, 2.05) is 0 Å². The molecule has 5 N–H and O–H groups in total. The topological polar surface area (TPSA) is 145 Å². The zero-order valence-electron chi connectivity index (χ0n) is 14.5. The van der Waals surface area contributed by atoms with Crippen molar-refractivity contribution in [1.29, 1.82) is 0 Å². The van der Waals surface area contributed by atoms with Gasteiger partial charge in [-0.2, -0.15) is 0 Å². The van der Waals surface area contributed by atoms with Crippen LogP contribution in [0, 0.1) is 0 Å². The number of amides is 1. The summed E-state index contributed by atoms with van der Waals surface area (Å²) in [6, 6.07) is 9.17. The Morgan fingerprint density at radius 2 is 1.88 bits per heavy atom. The Balaban J connectivity index is 2.18. The monoisotopic (exact) mass is 356 g/mol. The molecule has 0 aliphatic heterocycles. The number of pyridine rings is 1. The number of carbonyl (C=O) groups is 2. The van der Waals surface area contributed by atoms with Crippen molar-refractivity contribution < 1.29 is 14.3 Å². The van der Waals surface area contributed by atoms with Crippen LogP contribution in [0.3, 0.4) is 0 Å². The summed E-state index contributed by atoms with van der Waals surface area (Å²) in [5, 5.41) is 10.6. The number of hydrogen-bond acceptors (Lipinski definition) is 8. The summed E-state index contributed by atoms with van der Waals surface area (Å²) >= 11 is 0. The molecule has 136 valence electrons. The molecule has 0 aliphatic carbocycles. The molecular formula is C17H20N6O3. The smallest absolute Gasteiger partial charge is 0.310 e. The molecular weight excluding hydrogens is 336 g/mol. The molecule has 0 spiro atoms. The second-order valence-corrected chi connectivity index (χ2v) is 5.37. The van der Waals surface area contributed by atoms with Crippen LogP contribution >= 0.6 is 0 Å². The number of para-hydroxylation sites is 1. The normalized spacial score (nSPS) is 12.0. The van der Waals surface area contributed by atoms with Crippen molar-refractivity contribution in [1.82, 2.24) is 4.98 Å². The number of nitrogens with two attached hydrogens (primary N) is 2. The number of nitrogens with zero attached hydrogens (tertiary/aromatic N) is 3. The predicted molar refractivity (Wildman–Crippen MR) is 97.5 cm³/mol. The number of esters is 1. The molecule has 0 aliphatic rings. The predicted octanol–water partition coefficient (Wildman–Crippen LogP) is 2.68. The highest BCUT2D eigenvalue weighted by Gasteiger charge is 2.10. The number of azo groups is 1. The zero-order chi connectivity index (χ0) is 19.1. The summed E-state index contributed by atoms with van der Waals surface area (Å²) < 4.78 is 5.20. The van der Waals surface area contributed by atoms with Crippen molar-refractivity contribution >= 4 is 34.9 Å². The van der Waals surface area contributed by atoms with E-state index in [1.54, 1.807) is 44.2 Å². The van der Waals surface area contributed by atoms with Crippen molar-refractivity contribution in [2.24, 2.45) is 16.0 Å². The summed E-state index contributed by atoms with van der Waals surface area (Å²) in [6.07, 6.45) is 0.247. The summed E-state index contributed by atoms with van der Waals surface area (Å²) in [6.45, 7) is 3.26. The van der Waals surface area contributed by atoms with Gasteiger partial charge in [-0.15, -0.1) is 10.2 Å². The van der Waals surface area contributed by atoms with Gasteiger partial charge in [-0.3, -0.25) is 9.59 Å². The third kappa shape index (κ3) is 5.08. The molecule has 1 heterocycles. The Bertz CT molecular complexity index is 835. The zero-order valence-corrected chi connectivity index (χ0v) is 14.5. The second kappa shape index (κ2) is 8.67. The van der Waals surface area contributed by atoms with E-state index < -0.39 is 6.04 Å².